The number of hydrogen-bond donors (Lipinski definition) is 1. The van der Waals surface area contributed by atoms with Crippen LogP contribution >= 0.6 is 11.3 Å². The number of aryl methyl sites for hydroxylation is 3. The van der Waals surface area contributed by atoms with Crippen molar-refractivity contribution in [3.63, 3.8) is 0 Å². The first kappa shape index (κ1) is 13.4. The van der Waals surface area contributed by atoms with E-state index in [1.807, 2.05) is 13.8 Å². The third-order valence-corrected chi connectivity index (χ3v) is 3.66. The highest BCUT2D eigenvalue weighted by Crippen LogP contribution is 2.26. The number of nitrogens with one attached hydrogen (secondary N) is 1. The Balaban J connectivity index is 2.22. The zero-order valence-corrected chi connectivity index (χ0v) is 11.7. The maximum Gasteiger partial charge on any atom is 0.314 e. The van der Waals surface area contributed by atoms with Crippen LogP contribution in [-0.2, 0) is 6.54 Å². The summed E-state index contributed by atoms with van der Waals surface area (Å²) in [5.74, 6) is 0.287. The molecule has 7 heteroatoms. The van der Waals surface area contributed by atoms with Crippen molar-refractivity contribution < 1.29 is 4.92 Å². The van der Waals surface area contributed by atoms with E-state index in [9.17, 15) is 10.1 Å². The van der Waals surface area contributed by atoms with E-state index in [1.54, 1.807) is 30.5 Å². The molecule has 0 saturated heterocycles. The van der Waals surface area contributed by atoms with Gasteiger partial charge in [0, 0.05) is 16.6 Å². The lowest BCUT2D eigenvalue weighted by Gasteiger charge is -2.06. The van der Waals surface area contributed by atoms with Gasteiger partial charge in [0.25, 0.3) is 0 Å². The Bertz CT molecular complexity index is 624. The molecule has 0 spiro atoms. The largest absolute Gasteiger partial charge is 0.359 e. The number of anilines is 1. The summed E-state index contributed by atoms with van der Waals surface area (Å²) in [5, 5.41) is 15.0. The van der Waals surface area contributed by atoms with Crippen LogP contribution in [0.1, 0.15) is 21.1 Å². The second-order valence-electron chi connectivity index (χ2n) is 4.17. The van der Waals surface area contributed by atoms with Gasteiger partial charge in [-0.05, 0) is 26.8 Å². The predicted octanol–water partition coefficient (Wildman–Crippen LogP) is 2.98. The van der Waals surface area contributed by atoms with Crippen molar-refractivity contribution in [2.45, 2.75) is 27.3 Å². The third-order valence-electron chi connectivity index (χ3n) is 2.73. The second kappa shape index (κ2) is 5.31. The first-order valence-corrected chi connectivity index (χ1v) is 6.57. The van der Waals surface area contributed by atoms with Crippen LogP contribution < -0.4 is 5.32 Å². The molecular weight excluding hydrogens is 264 g/mol. The SMILES string of the molecule is Cc1nc(CNc2nccc(C)c2[N+](=O)[O-])c(C)s1. The topological polar surface area (TPSA) is 81.0 Å². The normalized spacial score (nSPS) is 10.5. The average Bonchev–Trinajstić information content (AvgIpc) is 2.64. The van der Waals surface area contributed by atoms with Crippen molar-refractivity contribution >= 4 is 22.8 Å². The van der Waals surface area contributed by atoms with Crippen molar-refractivity contribution in [1.82, 2.24) is 9.97 Å². The Morgan fingerprint density at radius 3 is 2.74 bits per heavy atom. The summed E-state index contributed by atoms with van der Waals surface area (Å²) in [6, 6.07) is 1.63. The van der Waals surface area contributed by atoms with Gasteiger partial charge in [-0.1, -0.05) is 0 Å². The summed E-state index contributed by atoms with van der Waals surface area (Å²) < 4.78 is 0. The molecule has 0 aliphatic carbocycles. The highest BCUT2D eigenvalue weighted by Gasteiger charge is 2.18. The Morgan fingerprint density at radius 1 is 1.42 bits per heavy atom. The molecule has 0 radical (unpaired) electrons. The standard InChI is InChI=1S/C12H14N4O2S/c1-7-4-5-13-12(11(7)16(17)18)14-6-10-8(2)19-9(3)15-10/h4-5H,6H2,1-3H3,(H,13,14). The fraction of sp³-hybridized carbons (Fsp3) is 0.333. The quantitative estimate of drug-likeness (QED) is 0.687. The minimum absolute atomic E-state index is 0.0205. The molecule has 2 aromatic rings. The molecule has 0 aliphatic rings. The summed E-state index contributed by atoms with van der Waals surface area (Å²) in [5.41, 5.74) is 1.51. The van der Waals surface area contributed by atoms with Crippen LogP contribution in [0.15, 0.2) is 12.3 Å². The molecule has 0 aliphatic heterocycles. The lowest BCUT2D eigenvalue weighted by atomic mass is 10.2. The Morgan fingerprint density at radius 2 is 2.16 bits per heavy atom. The van der Waals surface area contributed by atoms with Crippen LogP contribution in [0.4, 0.5) is 11.5 Å². The predicted molar refractivity (Wildman–Crippen MR) is 74.5 cm³/mol. The molecule has 2 aromatic heterocycles. The van der Waals surface area contributed by atoms with E-state index in [-0.39, 0.29) is 11.5 Å². The molecule has 0 amide bonds. The zero-order chi connectivity index (χ0) is 14.0. The van der Waals surface area contributed by atoms with E-state index >= 15 is 0 Å². The molecule has 1 N–H and O–H groups in total. The minimum atomic E-state index is -0.413. The fourth-order valence-corrected chi connectivity index (χ4v) is 2.65. The van der Waals surface area contributed by atoms with Gasteiger partial charge in [0.2, 0.25) is 5.82 Å². The van der Waals surface area contributed by atoms with E-state index in [0.717, 1.165) is 15.6 Å². The Hall–Kier alpha value is -2.02. The van der Waals surface area contributed by atoms with E-state index < -0.39 is 4.92 Å². The average molecular weight is 278 g/mol. The molecule has 2 heterocycles. The highest BCUT2D eigenvalue weighted by molar-refractivity contribution is 7.11. The molecule has 0 unspecified atom stereocenters. The molecule has 6 nitrogen and oxygen atoms in total. The van der Waals surface area contributed by atoms with Crippen LogP contribution in [0.5, 0.6) is 0 Å². The molecule has 2 rings (SSSR count). The minimum Gasteiger partial charge on any atom is -0.359 e. The first-order valence-electron chi connectivity index (χ1n) is 5.76. The van der Waals surface area contributed by atoms with Gasteiger partial charge in [-0.2, -0.15) is 0 Å². The van der Waals surface area contributed by atoms with E-state index in [1.165, 1.54) is 0 Å². The van der Waals surface area contributed by atoms with Crippen LogP contribution in [0.3, 0.4) is 0 Å². The number of nitro groups is 1. The maximum atomic E-state index is 11.0. The van der Waals surface area contributed by atoms with Gasteiger partial charge in [-0.15, -0.1) is 11.3 Å². The van der Waals surface area contributed by atoms with Crippen molar-refractivity contribution in [2.75, 3.05) is 5.32 Å². The van der Waals surface area contributed by atoms with Gasteiger partial charge in [0.15, 0.2) is 0 Å². The number of hydrogen-bond acceptors (Lipinski definition) is 6. The third kappa shape index (κ3) is 2.87. The Labute approximate surface area is 114 Å². The lowest BCUT2D eigenvalue weighted by Crippen LogP contribution is -2.06. The van der Waals surface area contributed by atoms with Crippen LogP contribution in [0.2, 0.25) is 0 Å². The second-order valence-corrected chi connectivity index (χ2v) is 5.58. The number of thiazole rings is 1. The van der Waals surface area contributed by atoms with Crippen LogP contribution in [0.25, 0.3) is 0 Å². The van der Waals surface area contributed by atoms with Crippen molar-refractivity contribution in [3.05, 3.63) is 43.5 Å². The van der Waals surface area contributed by atoms with E-state index in [0.29, 0.717) is 12.1 Å². The van der Waals surface area contributed by atoms with Crippen LogP contribution in [-0.4, -0.2) is 14.9 Å². The van der Waals surface area contributed by atoms with E-state index in [2.05, 4.69) is 15.3 Å². The molecular formula is C12H14N4O2S. The molecule has 0 fully saturated rings. The van der Waals surface area contributed by atoms with Crippen molar-refractivity contribution in [3.8, 4) is 0 Å². The number of rotatable bonds is 4. The number of nitrogens with zero attached hydrogens (tertiary/aromatic N) is 3. The van der Waals surface area contributed by atoms with Gasteiger partial charge < -0.3 is 5.32 Å². The Kier molecular flexibility index (Phi) is 3.75. The van der Waals surface area contributed by atoms with Crippen LogP contribution in [0, 0.1) is 30.9 Å². The van der Waals surface area contributed by atoms with E-state index in [4.69, 9.17) is 0 Å². The van der Waals surface area contributed by atoms with Gasteiger partial charge in [0.05, 0.1) is 22.2 Å². The monoisotopic (exact) mass is 278 g/mol. The summed E-state index contributed by atoms with van der Waals surface area (Å²) in [4.78, 5) is 20.2. The maximum absolute atomic E-state index is 11.0. The molecule has 0 saturated carbocycles. The molecule has 100 valence electrons. The van der Waals surface area contributed by atoms with Gasteiger partial charge >= 0.3 is 5.69 Å². The van der Waals surface area contributed by atoms with Gasteiger partial charge in [-0.25, -0.2) is 9.97 Å². The number of pyridine rings is 1. The smallest absolute Gasteiger partial charge is 0.314 e. The molecule has 0 aromatic carbocycles. The number of aromatic nitrogens is 2. The fourth-order valence-electron chi connectivity index (χ4n) is 1.81. The summed E-state index contributed by atoms with van der Waals surface area (Å²) >= 11 is 1.61. The lowest BCUT2D eigenvalue weighted by molar-refractivity contribution is -0.384. The summed E-state index contributed by atoms with van der Waals surface area (Å²) in [7, 11) is 0. The molecule has 19 heavy (non-hydrogen) atoms. The van der Waals surface area contributed by atoms with Crippen molar-refractivity contribution in [2.24, 2.45) is 0 Å². The van der Waals surface area contributed by atoms with Gasteiger partial charge in [0.1, 0.15) is 0 Å². The first-order chi connectivity index (χ1) is 8.99. The summed E-state index contributed by atoms with van der Waals surface area (Å²) in [6.07, 6.45) is 1.56. The molecule has 0 atom stereocenters. The molecule has 0 bridgehead atoms. The summed E-state index contributed by atoms with van der Waals surface area (Å²) in [6.45, 7) is 6.06. The highest BCUT2D eigenvalue weighted by atomic mass is 32.1. The van der Waals surface area contributed by atoms with Gasteiger partial charge in [-0.3, -0.25) is 10.1 Å². The van der Waals surface area contributed by atoms with Crippen molar-refractivity contribution in [1.29, 1.82) is 0 Å². The zero-order valence-electron chi connectivity index (χ0n) is 10.9.